The third kappa shape index (κ3) is 2.29. The molecule has 1 heterocycles. The molecule has 0 bridgehead atoms. The van der Waals surface area contributed by atoms with E-state index in [0.717, 1.165) is 12.0 Å². The molecule has 0 aromatic heterocycles. The maximum atomic E-state index is 6.52. The molecule has 118 valence electrons. The number of aryl methyl sites for hydroxylation is 2. The highest BCUT2D eigenvalue weighted by Crippen LogP contribution is 2.52. The Hall–Kier alpha value is -1.44. The van der Waals surface area contributed by atoms with Gasteiger partial charge in [0.1, 0.15) is 0 Å². The summed E-state index contributed by atoms with van der Waals surface area (Å²) in [6.45, 7) is 4.37. The van der Waals surface area contributed by atoms with Crippen LogP contribution in [0.15, 0.2) is 42.5 Å². The summed E-state index contributed by atoms with van der Waals surface area (Å²) in [6.07, 6.45) is 5.74. The molecule has 1 aliphatic carbocycles. The fourth-order valence-corrected chi connectivity index (χ4v) is 4.54. The number of hydrogen-bond acceptors (Lipinski definition) is 1. The number of halogens is 2. The van der Waals surface area contributed by atoms with E-state index in [9.17, 15) is 0 Å². The van der Waals surface area contributed by atoms with Crippen molar-refractivity contribution in [2.24, 2.45) is 5.92 Å². The topological polar surface area (TPSA) is 12.0 Å². The highest BCUT2D eigenvalue weighted by Gasteiger charge is 2.39. The van der Waals surface area contributed by atoms with E-state index < -0.39 is 0 Å². The molecule has 0 fully saturated rings. The monoisotopic (exact) mass is 343 g/mol. The highest BCUT2D eigenvalue weighted by atomic mass is 35.5. The zero-order chi connectivity index (χ0) is 16.1. The molecule has 2 aromatic carbocycles. The Labute approximate surface area is 147 Å². The molecule has 0 unspecified atom stereocenters. The lowest BCUT2D eigenvalue weighted by Crippen LogP contribution is -2.30. The average molecular weight is 344 g/mol. The molecule has 1 nitrogen and oxygen atoms in total. The van der Waals surface area contributed by atoms with Crippen LogP contribution in [-0.4, -0.2) is 0 Å². The molecule has 0 saturated heterocycles. The summed E-state index contributed by atoms with van der Waals surface area (Å²) in [5.41, 5.74) is 6.45. The van der Waals surface area contributed by atoms with Crippen molar-refractivity contribution in [1.29, 1.82) is 0 Å². The predicted octanol–water partition coefficient (Wildman–Crippen LogP) is 6.44. The van der Waals surface area contributed by atoms with Crippen LogP contribution in [0.25, 0.3) is 0 Å². The number of benzene rings is 2. The summed E-state index contributed by atoms with van der Waals surface area (Å²) in [7, 11) is 0. The standard InChI is InChI=1S/C20H19Cl2N/c1-11-9-10-12(2)19-17(11)13-5-3-6-14(13)20(23-19)15-7-4-8-16(21)18(15)22/h3-5,7-10,13-14,20,23H,6H2,1-2H3/t13-,14-,20-/m0/s1. The number of anilines is 1. The van der Waals surface area contributed by atoms with Crippen LogP contribution in [0.5, 0.6) is 0 Å². The van der Waals surface area contributed by atoms with Crippen LogP contribution >= 0.6 is 23.2 Å². The summed E-state index contributed by atoms with van der Waals surface area (Å²) in [4.78, 5) is 0. The van der Waals surface area contributed by atoms with Gasteiger partial charge in [-0.3, -0.25) is 0 Å². The van der Waals surface area contributed by atoms with Crippen LogP contribution in [-0.2, 0) is 0 Å². The molecule has 1 N–H and O–H groups in total. The minimum Gasteiger partial charge on any atom is -0.377 e. The van der Waals surface area contributed by atoms with Gasteiger partial charge in [-0.1, -0.05) is 59.6 Å². The van der Waals surface area contributed by atoms with E-state index in [4.69, 9.17) is 23.2 Å². The van der Waals surface area contributed by atoms with E-state index in [2.05, 4.69) is 49.5 Å². The van der Waals surface area contributed by atoms with Gasteiger partial charge >= 0.3 is 0 Å². The SMILES string of the molecule is Cc1ccc(C)c2c1N[C@H](c1cccc(Cl)c1Cl)[C@H]1CC=C[C@H]21. The summed E-state index contributed by atoms with van der Waals surface area (Å²) < 4.78 is 0. The molecular formula is C20H19Cl2N. The van der Waals surface area contributed by atoms with Crippen LogP contribution in [0.1, 0.15) is 40.6 Å². The van der Waals surface area contributed by atoms with Gasteiger partial charge in [0, 0.05) is 11.6 Å². The third-order valence-corrected chi connectivity index (χ3v) is 6.10. The van der Waals surface area contributed by atoms with E-state index >= 15 is 0 Å². The zero-order valence-corrected chi connectivity index (χ0v) is 14.7. The van der Waals surface area contributed by atoms with Gasteiger partial charge in [-0.25, -0.2) is 0 Å². The minimum atomic E-state index is 0.189. The minimum absolute atomic E-state index is 0.189. The molecule has 3 heteroatoms. The van der Waals surface area contributed by atoms with Gasteiger partial charge in [-0.05, 0) is 54.5 Å². The summed E-state index contributed by atoms with van der Waals surface area (Å²) >= 11 is 12.8. The summed E-state index contributed by atoms with van der Waals surface area (Å²) in [5, 5.41) is 5.08. The fourth-order valence-electron chi connectivity index (χ4n) is 4.11. The molecule has 2 aromatic rings. The molecule has 0 spiro atoms. The van der Waals surface area contributed by atoms with E-state index in [-0.39, 0.29) is 6.04 Å². The Morgan fingerprint density at radius 2 is 1.83 bits per heavy atom. The van der Waals surface area contributed by atoms with Crippen molar-refractivity contribution in [3.8, 4) is 0 Å². The van der Waals surface area contributed by atoms with Crippen LogP contribution in [0.2, 0.25) is 10.0 Å². The van der Waals surface area contributed by atoms with Gasteiger partial charge in [0.15, 0.2) is 0 Å². The molecule has 0 saturated carbocycles. The first kappa shape index (κ1) is 15.1. The number of allylic oxidation sites excluding steroid dienone is 2. The van der Waals surface area contributed by atoms with Gasteiger partial charge < -0.3 is 5.32 Å². The lowest BCUT2D eigenvalue weighted by atomic mass is 9.75. The molecule has 1 aliphatic heterocycles. The van der Waals surface area contributed by atoms with Crippen molar-refractivity contribution in [2.75, 3.05) is 5.32 Å². The van der Waals surface area contributed by atoms with Crippen molar-refractivity contribution in [2.45, 2.75) is 32.2 Å². The molecule has 0 radical (unpaired) electrons. The smallest absolute Gasteiger partial charge is 0.0645 e. The van der Waals surface area contributed by atoms with Crippen molar-refractivity contribution < 1.29 is 0 Å². The lowest BCUT2D eigenvalue weighted by Gasteiger charge is -2.39. The summed E-state index contributed by atoms with van der Waals surface area (Å²) in [5.74, 6) is 0.935. The van der Waals surface area contributed by atoms with Gasteiger partial charge in [0.05, 0.1) is 16.1 Å². The van der Waals surface area contributed by atoms with E-state index in [0.29, 0.717) is 21.9 Å². The quantitative estimate of drug-likeness (QED) is 0.587. The average Bonchev–Trinajstić information content (AvgIpc) is 3.02. The van der Waals surface area contributed by atoms with Crippen LogP contribution in [0, 0.1) is 19.8 Å². The second-order valence-electron chi connectivity index (χ2n) is 6.61. The Morgan fingerprint density at radius 1 is 1.04 bits per heavy atom. The Bertz CT molecular complexity index is 810. The van der Waals surface area contributed by atoms with Crippen LogP contribution < -0.4 is 5.32 Å². The second kappa shape index (κ2) is 5.58. The van der Waals surface area contributed by atoms with Crippen molar-refractivity contribution in [3.05, 3.63) is 74.8 Å². The van der Waals surface area contributed by atoms with Crippen LogP contribution in [0.4, 0.5) is 5.69 Å². The number of rotatable bonds is 1. The molecule has 23 heavy (non-hydrogen) atoms. The maximum Gasteiger partial charge on any atom is 0.0645 e. The van der Waals surface area contributed by atoms with Crippen molar-refractivity contribution in [3.63, 3.8) is 0 Å². The first-order valence-corrected chi connectivity index (χ1v) is 8.80. The predicted molar refractivity (Wildman–Crippen MR) is 98.7 cm³/mol. The fraction of sp³-hybridized carbons (Fsp3) is 0.300. The first-order valence-electron chi connectivity index (χ1n) is 8.05. The molecule has 2 aliphatic rings. The number of nitrogens with one attached hydrogen (secondary N) is 1. The van der Waals surface area contributed by atoms with Gasteiger partial charge in [0.25, 0.3) is 0 Å². The van der Waals surface area contributed by atoms with E-state index in [1.165, 1.54) is 22.4 Å². The maximum absolute atomic E-state index is 6.52. The third-order valence-electron chi connectivity index (χ3n) is 5.26. The van der Waals surface area contributed by atoms with E-state index in [1.807, 2.05) is 12.1 Å². The van der Waals surface area contributed by atoms with Crippen molar-refractivity contribution >= 4 is 28.9 Å². The molecular weight excluding hydrogens is 325 g/mol. The Balaban J connectivity index is 1.88. The normalized spacial score (nSPS) is 25.0. The van der Waals surface area contributed by atoms with Crippen molar-refractivity contribution in [1.82, 2.24) is 0 Å². The molecule has 0 amide bonds. The zero-order valence-electron chi connectivity index (χ0n) is 13.2. The molecule has 4 rings (SSSR count). The van der Waals surface area contributed by atoms with E-state index in [1.54, 1.807) is 0 Å². The van der Waals surface area contributed by atoms with Crippen LogP contribution in [0.3, 0.4) is 0 Å². The van der Waals surface area contributed by atoms with Gasteiger partial charge in [-0.15, -0.1) is 0 Å². The Kier molecular flexibility index (Phi) is 3.66. The largest absolute Gasteiger partial charge is 0.377 e. The highest BCUT2D eigenvalue weighted by molar-refractivity contribution is 6.42. The number of fused-ring (bicyclic) bond motifs is 3. The summed E-state index contributed by atoms with van der Waals surface area (Å²) in [6, 6.07) is 10.5. The van der Waals surface area contributed by atoms with Gasteiger partial charge in [-0.2, -0.15) is 0 Å². The van der Waals surface area contributed by atoms with Gasteiger partial charge in [0.2, 0.25) is 0 Å². The first-order chi connectivity index (χ1) is 11.1. The number of hydrogen-bond donors (Lipinski definition) is 1. The molecule has 3 atom stereocenters. The lowest BCUT2D eigenvalue weighted by molar-refractivity contribution is 0.424. The Morgan fingerprint density at radius 3 is 2.65 bits per heavy atom. The second-order valence-corrected chi connectivity index (χ2v) is 7.39.